The lowest BCUT2D eigenvalue weighted by atomic mass is 9.99. The summed E-state index contributed by atoms with van der Waals surface area (Å²) in [6.07, 6.45) is 0. The van der Waals surface area contributed by atoms with Crippen molar-refractivity contribution in [3.05, 3.63) is 67.1 Å². The van der Waals surface area contributed by atoms with E-state index in [0.717, 1.165) is 0 Å². The molecule has 0 saturated heterocycles. The number of rotatable bonds is 2. The molecule has 15 heavy (non-hydrogen) atoms. The summed E-state index contributed by atoms with van der Waals surface area (Å²) in [5, 5.41) is 0. The smallest absolute Gasteiger partial charge is 0.0184 e. The van der Waals surface area contributed by atoms with E-state index in [1.807, 2.05) is 6.07 Å². The van der Waals surface area contributed by atoms with E-state index in [-0.39, 0.29) is 0 Å². The molecule has 0 heteroatoms. The van der Waals surface area contributed by atoms with Gasteiger partial charge in [-0.25, -0.2) is 0 Å². The first-order valence-corrected chi connectivity index (χ1v) is 5.26. The standard InChI is InChI=1S/C15H15/c1-12(2)13-8-10-15(11-9-13)14-6-4-3-5-7-14/h3-12H,1H2,2H3. The third-order valence-electron chi connectivity index (χ3n) is 2.59. The Morgan fingerprint density at radius 2 is 1.33 bits per heavy atom. The van der Waals surface area contributed by atoms with E-state index in [0.29, 0.717) is 5.92 Å². The summed E-state index contributed by atoms with van der Waals surface area (Å²) in [5.41, 5.74) is 3.82. The van der Waals surface area contributed by atoms with Crippen LogP contribution in [0, 0.1) is 6.92 Å². The van der Waals surface area contributed by atoms with Gasteiger partial charge in [-0.1, -0.05) is 61.5 Å². The first-order chi connectivity index (χ1) is 7.27. The van der Waals surface area contributed by atoms with E-state index in [1.54, 1.807) is 0 Å². The Kier molecular flexibility index (Phi) is 2.86. The lowest BCUT2D eigenvalue weighted by Gasteiger charge is -2.06. The van der Waals surface area contributed by atoms with Gasteiger partial charge in [-0.05, 0) is 29.5 Å². The highest BCUT2D eigenvalue weighted by Gasteiger charge is 1.99. The SMILES string of the molecule is [CH2]C(C)c1ccc(-c2ccccc2)cc1. The van der Waals surface area contributed by atoms with Crippen LogP contribution >= 0.6 is 0 Å². The third-order valence-corrected chi connectivity index (χ3v) is 2.59. The van der Waals surface area contributed by atoms with Crippen LogP contribution in [0.15, 0.2) is 54.6 Å². The predicted molar refractivity (Wildman–Crippen MR) is 65.7 cm³/mol. The van der Waals surface area contributed by atoms with Crippen LogP contribution in [0.5, 0.6) is 0 Å². The van der Waals surface area contributed by atoms with Crippen molar-refractivity contribution in [2.24, 2.45) is 0 Å². The molecule has 0 bridgehead atoms. The molecule has 0 spiro atoms. The van der Waals surface area contributed by atoms with Crippen molar-refractivity contribution in [1.82, 2.24) is 0 Å². The molecule has 2 aromatic rings. The normalized spacial score (nSPS) is 10.6. The van der Waals surface area contributed by atoms with Crippen molar-refractivity contribution in [3.63, 3.8) is 0 Å². The summed E-state index contributed by atoms with van der Waals surface area (Å²) in [7, 11) is 0. The van der Waals surface area contributed by atoms with Crippen molar-refractivity contribution in [2.45, 2.75) is 12.8 Å². The Morgan fingerprint density at radius 1 is 0.800 bits per heavy atom. The molecule has 0 aliphatic carbocycles. The largest absolute Gasteiger partial charge is 0.0622 e. The van der Waals surface area contributed by atoms with Crippen LogP contribution in [0.2, 0.25) is 0 Å². The topological polar surface area (TPSA) is 0 Å². The van der Waals surface area contributed by atoms with Gasteiger partial charge in [-0.2, -0.15) is 0 Å². The van der Waals surface area contributed by atoms with Crippen molar-refractivity contribution in [1.29, 1.82) is 0 Å². The van der Waals surface area contributed by atoms with Gasteiger partial charge in [0, 0.05) is 0 Å². The van der Waals surface area contributed by atoms with Crippen LogP contribution in [0.1, 0.15) is 18.4 Å². The maximum absolute atomic E-state index is 4.01. The van der Waals surface area contributed by atoms with E-state index >= 15 is 0 Å². The fourth-order valence-corrected chi connectivity index (χ4v) is 1.63. The Balaban J connectivity index is 2.32. The van der Waals surface area contributed by atoms with Crippen molar-refractivity contribution < 1.29 is 0 Å². The molecule has 0 aliphatic heterocycles. The molecule has 0 aliphatic rings. The second-order valence-corrected chi connectivity index (χ2v) is 3.89. The molecule has 0 N–H and O–H groups in total. The molecule has 1 atom stereocenters. The maximum atomic E-state index is 4.01. The molecule has 0 nitrogen and oxygen atoms in total. The van der Waals surface area contributed by atoms with Crippen LogP contribution < -0.4 is 0 Å². The van der Waals surface area contributed by atoms with Crippen LogP contribution in [-0.4, -0.2) is 0 Å². The average Bonchev–Trinajstić information content (AvgIpc) is 2.30. The summed E-state index contributed by atoms with van der Waals surface area (Å²) >= 11 is 0. The van der Waals surface area contributed by atoms with Gasteiger partial charge in [-0.3, -0.25) is 0 Å². The third kappa shape index (κ3) is 2.27. The Labute approximate surface area is 91.6 Å². The highest BCUT2D eigenvalue weighted by molar-refractivity contribution is 5.63. The molecule has 2 aromatic carbocycles. The van der Waals surface area contributed by atoms with Gasteiger partial charge < -0.3 is 0 Å². The molecule has 75 valence electrons. The highest BCUT2D eigenvalue weighted by atomic mass is 14.0. The Bertz CT molecular complexity index is 410. The fraction of sp³-hybridized carbons (Fsp3) is 0.133. The van der Waals surface area contributed by atoms with Gasteiger partial charge >= 0.3 is 0 Å². The van der Waals surface area contributed by atoms with Crippen LogP contribution in [0.3, 0.4) is 0 Å². The second kappa shape index (κ2) is 4.31. The van der Waals surface area contributed by atoms with Gasteiger partial charge in [0.1, 0.15) is 0 Å². The van der Waals surface area contributed by atoms with Gasteiger partial charge in [0.25, 0.3) is 0 Å². The minimum Gasteiger partial charge on any atom is -0.0622 e. The van der Waals surface area contributed by atoms with E-state index in [4.69, 9.17) is 0 Å². The van der Waals surface area contributed by atoms with Gasteiger partial charge in [0.05, 0.1) is 0 Å². The van der Waals surface area contributed by atoms with Crippen molar-refractivity contribution in [3.8, 4) is 11.1 Å². The predicted octanol–water partition coefficient (Wildman–Crippen LogP) is 4.29. The highest BCUT2D eigenvalue weighted by Crippen LogP contribution is 2.21. The minimum atomic E-state index is 0.356. The zero-order valence-electron chi connectivity index (χ0n) is 8.98. The molecular weight excluding hydrogens is 180 g/mol. The van der Waals surface area contributed by atoms with Crippen LogP contribution in [0.4, 0.5) is 0 Å². The molecule has 2 rings (SSSR count). The van der Waals surface area contributed by atoms with Crippen molar-refractivity contribution >= 4 is 0 Å². The molecule has 0 amide bonds. The molecule has 0 heterocycles. The maximum Gasteiger partial charge on any atom is -0.0184 e. The summed E-state index contributed by atoms with van der Waals surface area (Å²) in [5.74, 6) is 0.356. The lowest BCUT2D eigenvalue weighted by molar-refractivity contribution is 0.965. The van der Waals surface area contributed by atoms with E-state index in [1.165, 1.54) is 16.7 Å². The quantitative estimate of drug-likeness (QED) is 0.670. The zero-order valence-corrected chi connectivity index (χ0v) is 8.98. The Morgan fingerprint density at radius 3 is 1.87 bits per heavy atom. The Hall–Kier alpha value is -1.56. The lowest BCUT2D eigenvalue weighted by Crippen LogP contribution is -1.86. The number of hydrogen-bond acceptors (Lipinski definition) is 0. The van der Waals surface area contributed by atoms with Gasteiger partial charge in [-0.15, -0.1) is 0 Å². The summed E-state index contributed by atoms with van der Waals surface area (Å²) in [6, 6.07) is 19.0. The summed E-state index contributed by atoms with van der Waals surface area (Å²) in [4.78, 5) is 0. The van der Waals surface area contributed by atoms with Gasteiger partial charge in [0.2, 0.25) is 0 Å². The molecule has 0 fully saturated rings. The van der Waals surface area contributed by atoms with Crippen LogP contribution in [0.25, 0.3) is 11.1 Å². The van der Waals surface area contributed by atoms with E-state index in [9.17, 15) is 0 Å². The monoisotopic (exact) mass is 195 g/mol. The molecule has 0 saturated carbocycles. The zero-order chi connectivity index (χ0) is 10.7. The fourth-order valence-electron chi connectivity index (χ4n) is 1.63. The summed E-state index contributed by atoms with van der Waals surface area (Å²) < 4.78 is 0. The first-order valence-electron chi connectivity index (χ1n) is 5.26. The average molecular weight is 195 g/mol. The van der Waals surface area contributed by atoms with Crippen LogP contribution in [-0.2, 0) is 0 Å². The minimum absolute atomic E-state index is 0.356. The molecular formula is C15H15. The van der Waals surface area contributed by atoms with E-state index in [2.05, 4.69) is 62.4 Å². The molecule has 1 unspecified atom stereocenters. The molecule has 1 radical (unpaired) electrons. The number of benzene rings is 2. The summed E-state index contributed by atoms with van der Waals surface area (Å²) in [6.45, 7) is 6.12. The number of hydrogen-bond donors (Lipinski definition) is 0. The van der Waals surface area contributed by atoms with Gasteiger partial charge in [0.15, 0.2) is 0 Å². The second-order valence-electron chi connectivity index (χ2n) is 3.89. The first kappa shape index (κ1) is 9.97. The van der Waals surface area contributed by atoms with E-state index < -0.39 is 0 Å². The van der Waals surface area contributed by atoms with Crippen molar-refractivity contribution in [2.75, 3.05) is 0 Å². The molecule has 0 aromatic heterocycles.